The third kappa shape index (κ3) is 2.38. The molecule has 0 heterocycles. The van der Waals surface area contributed by atoms with Crippen LogP contribution in [0.3, 0.4) is 0 Å². The van der Waals surface area contributed by atoms with E-state index in [0.717, 1.165) is 12.3 Å². The molecule has 1 saturated carbocycles. The predicted octanol–water partition coefficient (Wildman–Crippen LogP) is 3.97. The number of hydrogen-bond donors (Lipinski definition) is 1. The van der Waals surface area contributed by atoms with Gasteiger partial charge in [-0.05, 0) is 54.8 Å². The summed E-state index contributed by atoms with van der Waals surface area (Å²) in [7, 11) is 1.72. The second-order valence-electron chi connectivity index (χ2n) is 5.61. The fraction of sp³-hybridized carbons (Fsp3) is 0.647. The summed E-state index contributed by atoms with van der Waals surface area (Å²) in [6.45, 7) is 7.95. The van der Waals surface area contributed by atoms with Gasteiger partial charge in [0.2, 0.25) is 0 Å². The van der Waals surface area contributed by atoms with Crippen LogP contribution in [0.15, 0.2) is 24.3 Å². The smallest absolute Gasteiger partial charge is 0.118 e. The van der Waals surface area contributed by atoms with Gasteiger partial charge in [0.15, 0.2) is 0 Å². The second kappa shape index (κ2) is 5.96. The molecule has 2 unspecified atom stereocenters. The average Bonchev–Trinajstić information content (AvgIpc) is 2.45. The lowest BCUT2D eigenvalue weighted by atomic mass is 9.52. The van der Waals surface area contributed by atoms with Crippen molar-refractivity contribution < 1.29 is 4.74 Å². The fourth-order valence-electron chi connectivity index (χ4n) is 3.86. The number of rotatable bonds is 6. The van der Waals surface area contributed by atoms with Gasteiger partial charge in [-0.25, -0.2) is 0 Å². The lowest BCUT2D eigenvalue weighted by Gasteiger charge is -2.56. The molecule has 1 aliphatic rings. The van der Waals surface area contributed by atoms with Crippen molar-refractivity contribution in [3.05, 3.63) is 29.8 Å². The highest BCUT2D eigenvalue weighted by Crippen LogP contribution is 2.57. The molecule has 106 valence electrons. The Morgan fingerprint density at radius 1 is 1.16 bits per heavy atom. The summed E-state index contributed by atoms with van der Waals surface area (Å²) in [5.74, 6) is 1.64. The molecule has 1 fully saturated rings. The maximum atomic E-state index is 5.25. The molecule has 0 saturated heterocycles. The van der Waals surface area contributed by atoms with Crippen LogP contribution in [0, 0.1) is 5.41 Å². The Labute approximate surface area is 117 Å². The van der Waals surface area contributed by atoms with Gasteiger partial charge in [-0.1, -0.05) is 32.9 Å². The number of benzene rings is 1. The molecule has 1 aliphatic carbocycles. The van der Waals surface area contributed by atoms with Crippen LogP contribution in [0.25, 0.3) is 0 Å². The van der Waals surface area contributed by atoms with E-state index in [-0.39, 0.29) is 0 Å². The molecule has 19 heavy (non-hydrogen) atoms. The predicted molar refractivity (Wildman–Crippen MR) is 80.8 cm³/mol. The van der Waals surface area contributed by atoms with Gasteiger partial charge in [0, 0.05) is 6.04 Å². The van der Waals surface area contributed by atoms with E-state index in [1.165, 1.54) is 24.8 Å². The summed E-state index contributed by atoms with van der Waals surface area (Å²) < 4.78 is 5.25. The monoisotopic (exact) mass is 261 g/mol. The van der Waals surface area contributed by atoms with E-state index >= 15 is 0 Å². The maximum absolute atomic E-state index is 5.25. The van der Waals surface area contributed by atoms with Crippen molar-refractivity contribution in [1.29, 1.82) is 0 Å². The van der Waals surface area contributed by atoms with Crippen LogP contribution in [0.2, 0.25) is 0 Å². The molecule has 2 rings (SSSR count). The molecule has 2 nitrogen and oxygen atoms in total. The molecule has 1 aromatic rings. The summed E-state index contributed by atoms with van der Waals surface area (Å²) in [6, 6.07) is 9.34. The van der Waals surface area contributed by atoms with Crippen LogP contribution in [-0.4, -0.2) is 19.7 Å². The van der Waals surface area contributed by atoms with Crippen molar-refractivity contribution in [2.24, 2.45) is 5.41 Å². The quantitative estimate of drug-likeness (QED) is 0.836. The van der Waals surface area contributed by atoms with Crippen molar-refractivity contribution in [2.75, 3.05) is 13.7 Å². The molecule has 2 atom stereocenters. The number of ether oxygens (including phenoxy) is 1. The fourth-order valence-corrected chi connectivity index (χ4v) is 3.86. The Kier molecular flexibility index (Phi) is 4.51. The van der Waals surface area contributed by atoms with E-state index in [4.69, 9.17) is 4.74 Å². The largest absolute Gasteiger partial charge is 0.497 e. The number of methoxy groups -OCH3 is 1. The summed E-state index contributed by atoms with van der Waals surface area (Å²) in [5.41, 5.74) is 1.91. The van der Waals surface area contributed by atoms with Crippen LogP contribution in [0.1, 0.15) is 51.5 Å². The standard InChI is InChI=1S/C17H27NO/c1-5-17(6-2)15(12-16(17)18-7-3)13-8-10-14(19-4)11-9-13/h8-11,15-16,18H,5-7,12H2,1-4H3. The van der Waals surface area contributed by atoms with Gasteiger partial charge in [-0.2, -0.15) is 0 Å². The minimum atomic E-state index is 0.435. The average molecular weight is 261 g/mol. The zero-order valence-corrected chi connectivity index (χ0v) is 12.7. The van der Waals surface area contributed by atoms with E-state index in [1.807, 2.05) is 0 Å². The van der Waals surface area contributed by atoms with Gasteiger partial charge in [0.1, 0.15) is 5.75 Å². The Morgan fingerprint density at radius 2 is 1.79 bits per heavy atom. The van der Waals surface area contributed by atoms with Crippen LogP contribution in [-0.2, 0) is 0 Å². The van der Waals surface area contributed by atoms with E-state index < -0.39 is 0 Å². The minimum Gasteiger partial charge on any atom is -0.497 e. The van der Waals surface area contributed by atoms with Crippen molar-refractivity contribution in [3.8, 4) is 5.75 Å². The molecule has 0 amide bonds. The van der Waals surface area contributed by atoms with Gasteiger partial charge >= 0.3 is 0 Å². The van der Waals surface area contributed by atoms with Gasteiger partial charge in [-0.3, -0.25) is 0 Å². The molecule has 1 N–H and O–H groups in total. The normalized spacial score (nSPS) is 24.8. The van der Waals surface area contributed by atoms with E-state index in [2.05, 4.69) is 50.4 Å². The van der Waals surface area contributed by atoms with Crippen LogP contribution >= 0.6 is 0 Å². The molecule has 1 aromatic carbocycles. The summed E-state index contributed by atoms with van der Waals surface area (Å²) in [4.78, 5) is 0. The Hall–Kier alpha value is -1.02. The summed E-state index contributed by atoms with van der Waals surface area (Å²) >= 11 is 0. The minimum absolute atomic E-state index is 0.435. The topological polar surface area (TPSA) is 21.3 Å². The summed E-state index contributed by atoms with van der Waals surface area (Å²) in [5, 5.41) is 3.67. The first-order valence-corrected chi connectivity index (χ1v) is 7.59. The van der Waals surface area contributed by atoms with Crippen LogP contribution in [0.4, 0.5) is 0 Å². The third-order valence-corrected chi connectivity index (χ3v) is 5.14. The SMILES string of the molecule is CCNC1CC(c2ccc(OC)cc2)C1(CC)CC. The maximum Gasteiger partial charge on any atom is 0.118 e. The number of nitrogens with one attached hydrogen (secondary N) is 1. The van der Waals surface area contributed by atoms with Gasteiger partial charge in [-0.15, -0.1) is 0 Å². The first-order valence-electron chi connectivity index (χ1n) is 7.59. The van der Waals surface area contributed by atoms with Gasteiger partial charge in [0.25, 0.3) is 0 Å². The highest BCUT2D eigenvalue weighted by Gasteiger charge is 2.52. The number of hydrogen-bond acceptors (Lipinski definition) is 2. The molecule has 0 radical (unpaired) electrons. The second-order valence-corrected chi connectivity index (χ2v) is 5.61. The molecule has 0 bridgehead atoms. The molecule has 0 aliphatic heterocycles. The van der Waals surface area contributed by atoms with Crippen molar-refractivity contribution in [3.63, 3.8) is 0 Å². The highest BCUT2D eigenvalue weighted by atomic mass is 16.5. The lowest BCUT2D eigenvalue weighted by molar-refractivity contribution is 0.0210. The Morgan fingerprint density at radius 3 is 2.26 bits per heavy atom. The molecule has 0 aromatic heterocycles. The van der Waals surface area contributed by atoms with E-state index in [9.17, 15) is 0 Å². The first-order chi connectivity index (χ1) is 9.21. The summed E-state index contributed by atoms with van der Waals surface area (Å²) in [6.07, 6.45) is 3.76. The van der Waals surface area contributed by atoms with E-state index in [0.29, 0.717) is 17.4 Å². The highest BCUT2D eigenvalue weighted by molar-refractivity contribution is 5.33. The zero-order valence-electron chi connectivity index (χ0n) is 12.7. The van der Waals surface area contributed by atoms with Crippen molar-refractivity contribution in [2.45, 2.75) is 52.0 Å². The molecular weight excluding hydrogens is 234 g/mol. The van der Waals surface area contributed by atoms with Crippen molar-refractivity contribution in [1.82, 2.24) is 5.32 Å². The van der Waals surface area contributed by atoms with E-state index in [1.54, 1.807) is 7.11 Å². The zero-order chi connectivity index (χ0) is 13.9. The molecular formula is C17H27NO. The third-order valence-electron chi connectivity index (χ3n) is 5.14. The molecule has 2 heteroatoms. The van der Waals surface area contributed by atoms with Gasteiger partial charge < -0.3 is 10.1 Å². The Balaban J connectivity index is 2.19. The Bertz CT molecular complexity index is 394. The lowest BCUT2D eigenvalue weighted by Crippen LogP contribution is -2.58. The van der Waals surface area contributed by atoms with Gasteiger partial charge in [0.05, 0.1) is 7.11 Å². The van der Waals surface area contributed by atoms with Crippen LogP contribution in [0.5, 0.6) is 5.75 Å². The van der Waals surface area contributed by atoms with Crippen LogP contribution < -0.4 is 10.1 Å². The first kappa shape index (κ1) is 14.4. The van der Waals surface area contributed by atoms with Crippen molar-refractivity contribution >= 4 is 0 Å². The molecule has 0 spiro atoms.